The number of benzene rings is 2. The Morgan fingerprint density at radius 1 is 1.08 bits per heavy atom. The average Bonchev–Trinajstić information content (AvgIpc) is 2.69. The SMILES string of the molecule is COCc1cccc(C(=O)NC(C)c2ccc(-c3cncnc3)cc2)c1. The highest BCUT2D eigenvalue weighted by molar-refractivity contribution is 5.94. The molecule has 1 amide bonds. The number of carbonyl (C=O) groups is 1. The van der Waals surface area contributed by atoms with Crippen molar-refractivity contribution in [3.8, 4) is 11.1 Å². The number of nitrogens with one attached hydrogen (secondary N) is 1. The van der Waals surface area contributed by atoms with Gasteiger partial charge in [0, 0.05) is 30.6 Å². The second-order valence-corrected chi connectivity index (χ2v) is 6.08. The molecule has 0 saturated carbocycles. The second kappa shape index (κ2) is 8.36. The van der Waals surface area contributed by atoms with E-state index in [-0.39, 0.29) is 11.9 Å². The van der Waals surface area contributed by atoms with E-state index in [2.05, 4.69) is 15.3 Å². The lowest BCUT2D eigenvalue weighted by Crippen LogP contribution is -2.26. The molecule has 132 valence electrons. The number of hydrogen-bond acceptors (Lipinski definition) is 4. The van der Waals surface area contributed by atoms with Crippen LogP contribution in [-0.4, -0.2) is 23.0 Å². The maximum Gasteiger partial charge on any atom is 0.251 e. The van der Waals surface area contributed by atoms with Crippen molar-refractivity contribution in [2.24, 2.45) is 0 Å². The fourth-order valence-electron chi connectivity index (χ4n) is 2.74. The van der Waals surface area contributed by atoms with E-state index in [0.29, 0.717) is 12.2 Å². The lowest BCUT2D eigenvalue weighted by Gasteiger charge is -2.15. The summed E-state index contributed by atoms with van der Waals surface area (Å²) in [5.74, 6) is -0.101. The first kappa shape index (κ1) is 17.8. The van der Waals surface area contributed by atoms with E-state index in [0.717, 1.165) is 22.3 Å². The van der Waals surface area contributed by atoms with Crippen LogP contribution in [0.15, 0.2) is 67.3 Å². The molecule has 0 fully saturated rings. The molecule has 3 rings (SSSR count). The summed E-state index contributed by atoms with van der Waals surface area (Å²) in [4.78, 5) is 20.6. The minimum absolute atomic E-state index is 0.101. The maximum atomic E-state index is 12.5. The fourth-order valence-corrected chi connectivity index (χ4v) is 2.74. The summed E-state index contributed by atoms with van der Waals surface area (Å²) in [6.07, 6.45) is 5.07. The van der Waals surface area contributed by atoms with E-state index >= 15 is 0 Å². The molecule has 1 atom stereocenters. The van der Waals surface area contributed by atoms with Crippen LogP contribution in [0.5, 0.6) is 0 Å². The Hall–Kier alpha value is -3.05. The number of ether oxygens (including phenoxy) is 1. The standard InChI is InChI=1S/C21H21N3O2/c1-15(24-21(25)19-5-3-4-16(10-19)13-26-2)17-6-8-18(9-7-17)20-11-22-14-23-12-20/h3-12,14-15H,13H2,1-2H3,(H,24,25). The third kappa shape index (κ3) is 4.32. The van der Waals surface area contributed by atoms with Crippen molar-refractivity contribution in [1.82, 2.24) is 15.3 Å². The van der Waals surface area contributed by atoms with Gasteiger partial charge in [-0.1, -0.05) is 36.4 Å². The highest BCUT2D eigenvalue weighted by Gasteiger charge is 2.12. The Balaban J connectivity index is 1.68. The zero-order chi connectivity index (χ0) is 18.4. The molecule has 0 aliphatic heterocycles. The van der Waals surface area contributed by atoms with E-state index in [9.17, 15) is 4.79 Å². The zero-order valence-electron chi connectivity index (χ0n) is 14.8. The summed E-state index contributed by atoms with van der Waals surface area (Å²) in [7, 11) is 1.64. The summed E-state index contributed by atoms with van der Waals surface area (Å²) in [5, 5.41) is 3.04. The average molecular weight is 347 g/mol. The van der Waals surface area contributed by atoms with Crippen LogP contribution in [-0.2, 0) is 11.3 Å². The van der Waals surface area contributed by atoms with Gasteiger partial charge in [0.15, 0.2) is 0 Å². The molecule has 3 aromatic rings. The molecular weight excluding hydrogens is 326 g/mol. The predicted octanol–water partition coefficient (Wildman–Crippen LogP) is 3.78. The lowest BCUT2D eigenvalue weighted by atomic mass is 10.0. The van der Waals surface area contributed by atoms with Gasteiger partial charge >= 0.3 is 0 Å². The molecular formula is C21H21N3O2. The summed E-state index contributed by atoms with van der Waals surface area (Å²) >= 11 is 0. The van der Waals surface area contributed by atoms with Crippen molar-refractivity contribution in [1.29, 1.82) is 0 Å². The minimum atomic E-state index is -0.102. The molecule has 0 radical (unpaired) electrons. The van der Waals surface area contributed by atoms with Crippen LogP contribution in [0.4, 0.5) is 0 Å². The van der Waals surface area contributed by atoms with E-state index in [1.54, 1.807) is 25.6 Å². The lowest BCUT2D eigenvalue weighted by molar-refractivity contribution is 0.0939. The Bertz CT molecular complexity index is 864. The van der Waals surface area contributed by atoms with Crippen LogP contribution in [0.2, 0.25) is 0 Å². The van der Waals surface area contributed by atoms with Gasteiger partial charge in [-0.2, -0.15) is 0 Å². The monoisotopic (exact) mass is 347 g/mol. The first-order valence-corrected chi connectivity index (χ1v) is 8.41. The van der Waals surface area contributed by atoms with E-state index in [1.807, 2.05) is 49.4 Å². The number of aromatic nitrogens is 2. The maximum absolute atomic E-state index is 12.5. The van der Waals surface area contributed by atoms with Crippen molar-refractivity contribution in [3.63, 3.8) is 0 Å². The number of carbonyl (C=O) groups excluding carboxylic acids is 1. The number of rotatable bonds is 6. The summed E-state index contributed by atoms with van der Waals surface area (Å²) in [6, 6.07) is 15.4. The molecule has 0 saturated heterocycles. The van der Waals surface area contributed by atoms with E-state index in [1.165, 1.54) is 6.33 Å². The summed E-state index contributed by atoms with van der Waals surface area (Å²) in [6.45, 7) is 2.46. The largest absolute Gasteiger partial charge is 0.380 e. The smallest absolute Gasteiger partial charge is 0.251 e. The molecule has 0 aliphatic rings. The Labute approximate surface area is 153 Å². The van der Waals surface area contributed by atoms with Crippen molar-refractivity contribution in [2.75, 3.05) is 7.11 Å². The van der Waals surface area contributed by atoms with Gasteiger partial charge in [-0.15, -0.1) is 0 Å². The van der Waals surface area contributed by atoms with E-state index in [4.69, 9.17) is 4.74 Å². The van der Waals surface area contributed by atoms with Crippen molar-refractivity contribution in [3.05, 3.63) is 83.9 Å². The molecule has 2 aromatic carbocycles. The zero-order valence-corrected chi connectivity index (χ0v) is 14.8. The van der Waals surface area contributed by atoms with Gasteiger partial charge in [0.1, 0.15) is 6.33 Å². The minimum Gasteiger partial charge on any atom is -0.380 e. The molecule has 1 N–H and O–H groups in total. The molecule has 5 nitrogen and oxygen atoms in total. The Morgan fingerprint density at radius 2 is 1.81 bits per heavy atom. The quantitative estimate of drug-likeness (QED) is 0.737. The van der Waals surface area contributed by atoms with Gasteiger partial charge in [-0.25, -0.2) is 9.97 Å². The van der Waals surface area contributed by atoms with Crippen LogP contribution in [0.25, 0.3) is 11.1 Å². The molecule has 26 heavy (non-hydrogen) atoms. The van der Waals surface area contributed by atoms with Gasteiger partial charge in [-0.05, 0) is 35.7 Å². The van der Waals surface area contributed by atoms with Crippen LogP contribution >= 0.6 is 0 Å². The highest BCUT2D eigenvalue weighted by Crippen LogP contribution is 2.21. The molecule has 1 aromatic heterocycles. The van der Waals surface area contributed by atoms with Crippen LogP contribution in [0.3, 0.4) is 0 Å². The van der Waals surface area contributed by atoms with Crippen LogP contribution in [0, 0.1) is 0 Å². The van der Waals surface area contributed by atoms with Crippen molar-refractivity contribution in [2.45, 2.75) is 19.6 Å². The van der Waals surface area contributed by atoms with Gasteiger partial charge < -0.3 is 10.1 Å². The first-order chi connectivity index (χ1) is 12.7. The molecule has 0 spiro atoms. The molecule has 0 bridgehead atoms. The molecule has 5 heteroatoms. The highest BCUT2D eigenvalue weighted by atomic mass is 16.5. The van der Waals surface area contributed by atoms with Gasteiger partial charge in [0.25, 0.3) is 5.91 Å². The van der Waals surface area contributed by atoms with Crippen molar-refractivity contribution < 1.29 is 9.53 Å². The third-order valence-electron chi connectivity index (χ3n) is 4.15. The summed E-state index contributed by atoms with van der Waals surface area (Å²) in [5.41, 5.74) is 4.64. The predicted molar refractivity (Wildman–Crippen MR) is 101 cm³/mol. The van der Waals surface area contributed by atoms with Gasteiger partial charge in [-0.3, -0.25) is 4.79 Å². The van der Waals surface area contributed by atoms with Gasteiger partial charge in [0.2, 0.25) is 0 Å². The molecule has 1 unspecified atom stereocenters. The van der Waals surface area contributed by atoms with E-state index < -0.39 is 0 Å². The number of nitrogens with zero attached hydrogens (tertiary/aromatic N) is 2. The fraction of sp³-hybridized carbons (Fsp3) is 0.190. The first-order valence-electron chi connectivity index (χ1n) is 8.41. The topological polar surface area (TPSA) is 64.1 Å². The Kier molecular flexibility index (Phi) is 5.71. The second-order valence-electron chi connectivity index (χ2n) is 6.08. The number of amides is 1. The van der Waals surface area contributed by atoms with Gasteiger partial charge in [0.05, 0.1) is 12.6 Å². The Morgan fingerprint density at radius 3 is 2.50 bits per heavy atom. The van der Waals surface area contributed by atoms with Crippen LogP contribution < -0.4 is 5.32 Å². The summed E-state index contributed by atoms with van der Waals surface area (Å²) < 4.78 is 5.12. The number of hydrogen-bond donors (Lipinski definition) is 1. The normalized spacial score (nSPS) is 11.8. The molecule has 0 aliphatic carbocycles. The third-order valence-corrected chi connectivity index (χ3v) is 4.15. The van der Waals surface area contributed by atoms with Crippen LogP contribution in [0.1, 0.15) is 34.5 Å². The number of methoxy groups -OCH3 is 1. The molecule has 1 heterocycles. The van der Waals surface area contributed by atoms with Crippen molar-refractivity contribution >= 4 is 5.91 Å².